The second kappa shape index (κ2) is 4.29. The molecule has 1 saturated carbocycles. The van der Waals surface area contributed by atoms with E-state index < -0.39 is 0 Å². The maximum Gasteiger partial charge on any atom is 0.00911 e. The van der Waals surface area contributed by atoms with Crippen LogP contribution >= 0.6 is 15.9 Å². The van der Waals surface area contributed by atoms with Crippen LogP contribution < -0.4 is 0 Å². The monoisotopic (exact) mass is 266 g/mol. The first-order chi connectivity index (χ1) is 7.14. The van der Waals surface area contributed by atoms with Crippen molar-refractivity contribution in [3.8, 4) is 0 Å². The highest BCUT2D eigenvalue weighted by Crippen LogP contribution is 2.48. The van der Waals surface area contributed by atoms with E-state index in [0.717, 1.165) is 11.2 Å². The number of hydrogen-bond acceptors (Lipinski definition) is 0. The van der Waals surface area contributed by atoms with Crippen molar-refractivity contribution in [3.05, 3.63) is 35.4 Å². The van der Waals surface area contributed by atoms with Crippen LogP contribution in [0.2, 0.25) is 0 Å². The standard InChI is InChI=1S/C14H19Br/c1-11-4-3-5-12(8-11)9-14(2,10-15)13-6-7-13/h3-5,8,13H,6-7,9-10H2,1-2H3. The molecule has 0 amide bonds. The van der Waals surface area contributed by atoms with Gasteiger partial charge in [-0.05, 0) is 43.1 Å². The van der Waals surface area contributed by atoms with Crippen molar-refractivity contribution >= 4 is 15.9 Å². The highest BCUT2D eigenvalue weighted by molar-refractivity contribution is 9.09. The van der Waals surface area contributed by atoms with E-state index in [1.807, 2.05) is 0 Å². The summed E-state index contributed by atoms with van der Waals surface area (Å²) in [6.07, 6.45) is 4.06. The Labute approximate surface area is 101 Å². The highest BCUT2D eigenvalue weighted by atomic mass is 79.9. The van der Waals surface area contributed by atoms with Crippen molar-refractivity contribution in [2.45, 2.75) is 33.1 Å². The molecule has 1 heteroatoms. The lowest BCUT2D eigenvalue weighted by molar-refractivity contribution is 0.319. The third-order valence-corrected chi connectivity index (χ3v) is 4.84. The Morgan fingerprint density at radius 3 is 2.67 bits per heavy atom. The average Bonchev–Trinajstić information content (AvgIpc) is 3.01. The molecule has 0 N–H and O–H groups in total. The molecular weight excluding hydrogens is 248 g/mol. The zero-order valence-corrected chi connectivity index (χ0v) is 11.2. The summed E-state index contributed by atoms with van der Waals surface area (Å²) in [5.74, 6) is 0.942. The Balaban J connectivity index is 2.12. The van der Waals surface area contributed by atoms with Crippen molar-refractivity contribution in [2.24, 2.45) is 11.3 Å². The summed E-state index contributed by atoms with van der Waals surface area (Å²) >= 11 is 3.69. The van der Waals surface area contributed by atoms with Crippen LogP contribution in [0.4, 0.5) is 0 Å². The third kappa shape index (κ3) is 2.63. The molecule has 0 spiro atoms. The first-order valence-electron chi connectivity index (χ1n) is 5.75. The van der Waals surface area contributed by atoms with Gasteiger partial charge in [0.2, 0.25) is 0 Å². The summed E-state index contributed by atoms with van der Waals surface area (Å²) in [6, 6.07) is 8.93. The molecule has 15 heavy (non-hydrogen) atoms. The van der Waals surface area contributed by atoms with Gasteiger partial charge < -0.3 is 0 Å². The first kappa shape index (κ1) is 11.2. The van der Waals surface area contributed by atoms with Gasteiger partial charge in [-0.1, -0.05) is 52.7 Å². The summed E-state index contributed by atoms with van der Waals surface area (Å²) in [5.41, 5.74) is 3.33. The Hall–Kier alpha value is -0.300. The van der Waals surface area contributed by atoms with Crippen molar-refractivity contribution in [2.75, 3.05) is 5.33 Å². The molecule has 0 nitrogen and oxygen atoms in total. The van der Waals surface area contributed by atoms with Crippen molar-refractivity contribution < 1.29 is 0 Å². The number of hydrogen-bond donors (Lipinski definition) is 0. The molecule has 1 aliphatic rings. The van der Waals surface area contributed by atoms with Crippen LogP contribution in [0.5, 0.6) is 0 Å². The van der Waals surface area contributed by atoms with E-state index in [2.05, 4.69) is 54.0 Å². The maximum atomic E-state index is 3.69. The topological polar surface area (TPSA) is 0 Å². The van der Waals surface area contributed by atoms with Gasteiger partial charge >= 0.3 is 0 Å². The first-order valence-corrected chi connectivity index (χ1v) is 6.88. The number of benzene rings is 1. The molecule has 1 unspecified atom stereocenters. The molecule has 0 bridgehead atoms. The molecule has 1 fully saturated rings. The zero-order valence-electron chi connectivity index (χ0n) is 9.59. The minimum atomic E-state index is 0.466. The largest absolute Gasteiger partial charge is 0.0922 e. The SMILES string of the molecule is Cc1cccc(CC(C)(CBr)C2CC2)c1. The normalized spacial score (nSPS) is 19.9. The lowest BCUT2D eigenvalue weighted by Gasteiger charge is -2.27. The van der Waals surface area contributed by atoms with Crippen molar-refractivity contribution in [1.29, 1.82) is 0 Å². The van der Waals surface area contributed by atoms with E-state index in [-0.39, 0.29) is 0 Å². The molecular formula is C14H19Br. The highest BCUT2D eigenvalue weighted by Gasteiger charge is 2.40. The van der Waals surface area contributed by atoms with Gasteiger partial charge in [-0.3, -0.25) is 0 Å². The van der Waals surface area contributed by atoms with Gasteiger partial charge in [-0.2, -0.15) is 0 Å². The molecule has 1 aliphatic carbocycles. The lowest BCUT2D eigenvalue weighted by Crippen LogP contribution is -2.24. The van der Waals surface area contributed by atoms with Gasteiger partial charge in [-0.15, -0.1) is 0 Å². The van der Waals surface area contributed by atoms with E-state index >= 15 is 0 Å². The number of aryl methyl sites for hydroxylation is 1. The van der Waals surface area contributed by atoms with Gasteiger partial charge in [0.15, 0.2) is 0 Å². The second-order valence-corrected chi connectivity index (χ2v) is 5.79. The van der Waals surface area contributed by atoms with Crippen LogP contribution in [-0.4, -0.2) is 5.33 Å². The number of halogens is 1. The predicted molar refractivity (Wildman–Crippen MR) is 69.5 cm³/mol. The predicted octanol–water partition coefficient (Wildman–Crippen LogP) is 4.35. The smallest absolute Gasteiger partial charge is 0.00911 e. The van der Waals surface area contributed by atoms with Crippen LogP contribution in [0, 0.1) is 18.3 Å². The molecule has 0 aliphatic heterocycles. The number of rotatable bonds is 4. The summed E-state index contributed by atoms with van der Waals surface area (Å²) in [6.45, 7) is 4.59. The van der Waals surface area contributed by atoms with E-state index in [1.54, 1.807) is 0 Å². The van der Waals surface area contributed by atoms with Gasteiger partial charge in [0.05, 0.1) is 0 Å². The Bertz CT molecular complexity index is 341. The Kier molecular flexibility index (Phi) is 3.20. The van der Waals surface area contributed by atoms with E-state index in [1.165, 1.54) is 30.4 Å². The van der Waals surface area contributed by atoms with Crippen LogP contribution in [0.25, 0.3) is 0 Å². The summed E-state index contributed by atoms with van der Waals surface area (Å²) in [7, 11) is 0. The second-order valence-electron chi connectivity index (χ2n) is 5.23. The average molecular weight is 267 g/mol. The third-order valence-electron chi connectivity index (χ3n) is 3.56. The molecule has 1 aromatic carbocycles. The Morgan fingerprint density at radius 1 is 1.40 bits per heavy atom. The van der Waals surface area contributed by atoms with Gasteiger partial charge in [-0.25, -0.2) is 0 Å². The minimum Gasteiger partial charge on any atom is -0.0922 e. The number of alkyl halides is 1. The minimum absolute atomic E-state index is 0.466. The molecule has 1 aromatic rings. The van der Waals surface area contributed by atoms with E-state index in [9.17, 15) is 0 Å². The van der Waals surface area contributed by atoms with Crippen LogP contribution in [0.3, 0.4) is 0 Å². The zero-order chi connectivity index (χ0) is 10.9. The fourth-order valence-electron chi connectivity index (χ4n) is 2.37. The molecule has 82 valence electrons. The van der Waals surface area contributed by atoms with Gasteiger partial charge in [0.25, 0.3) is 0 Å². The quantitative estimate of drug-likeness (QED) is 0.711. The molecule has 0 radical (unpaired) electrons. The fourth-order valence-corrected chi connectivity index (χ4v) is 3.03. The summed E-state index contributed by atoms with van der Waals surface area (Å²) in [4.78, 5) is 0. The fraction of sp³-hybridized carbons (Fsp3) is 0.571. The molecule has 0 aromatic heterocycles. The van der Waals surface area contributed by atoms with Crippen LogP contribution in [0.1, 0.15) is 30.9 Å². The lowest BCUT2D eigenvalue weighted by atomic mass is 9.81. The van der Waals surface area contributed by atoms with E-state index in [4.69, 9.17) is 0 Å². The summed E-state index contributed by atoms with van der Waals surface area (Å²) < 4.78 is 0. The molecule has 0 saturated heterocycles. The van der Waals surface area contributed by atoms with Gasteiger partial charge in [0, 0.05) is 5.33 Å². The van der Waals surface area contributed by atoms with E-state index in [0.29, 0.717) is 5.41 Å². The summed E-state index contributed by atoms with van der Waals surface area (Å²) in [5, 5.41) is 1.12. The maximum absolute atomic E-state index is 3.69. The molecule has 2 rings (SSSR count). The van der Waals surface area contributed by atoms with Gasteiger partial charge in [0.1, 0.15) is 0 Å². The Morgan fingerprint density at radius 2 is 2.13 bits per heavy atom. The molecule has 1 atom stereocenters. The van der Waals surface area contributed by atoms with Crippen molar-refractivity contribution in [1.82, 2.24) is 0 Å². The van der Waals surface area contributed by atoms with Crippen molar-refractivity contribution in [3.63, 3.8) is 0 Å². The molecule has 0 heterocycles. The van der Waals surface area contributed by atoms with Crippen LogP contribution in [-0.2, 0) is 6.42 Å². The van der Waals surface area contributed by atoms with Crippen LogP contribution in [0.15, 0.2) is 24.3 Å².